The van der Waals surface area contributed by atoms with Crippen molar-refractivity contribution in [2.45, 2.75) is 26.3 Å². The summed E-state index contributed by atoms with van der Waals surface area (Å²) in [5, 5.41) is 25.1. The van der Waals surface area contributed by atoms with Crippen LogP contribution in [0.3, 0.4) is 0 Å². The van der Waals surface area contributed by atoms with E-state index in [1.807, 2.05) is 0 Å². The molecule has 0 aliphatic carbocycles. The number of aromatic nitrogens is 2. The fourth-order valence-corrected chi connectivity index (χ4v) is 2.04. The summed E-state index contributed by atoms with van der Waals surface area (Å²) in [4.78, 5) is 40.7. The number of nitrogens with one attached hydrogen (secondary N) is 3. The average Bonchev–Trinajstić information content (AvgIpc) is 2.58. The van der Waals surface area contributed by atoms with E-state index in [-0.39, 0.29) is 22.9 Å². The number of benzene rings is 1. The summed E-state index contributed by atoms with van der Waals surface area (Å²) in [5.41, 5.74) is 3.39. The zero-order chi connectivity index (χ0) is 20.2. The number of hydrogen-bond acceptors (Lipinski definition) is 9. The van der Waals surface area contributed by atoms with Crippen molar-refractivity contribution >= 4 is 28.9 Å². The molecule has 0 atom stereocenters. The number of nitrogens with zero attached hydrogens (tertiary/aromatic N) is 4. The van der Waals surface area contributed by atoms with Crippen molar-refractivity contribution in [2.75, 3.05) is 10.7 Å². The summed E-state index contributed by atoms with van der Waals surface area (Å²) >= 11 is 0. The van der Waals surface area contributed by atoms with Gasteiger partial charge in [-0.2, -0.15) is 0 Å². The number of rotatable bonds is 6. The summed E-state index contributed by atoms with van der Waals surface area (Å²) < 4.78 is 0. The minimum absolute atomic E-state index is 0.00134. The van der Waals surface area contributed by atoms with Crippen molar-refractivity contribution in [3.63, 3.8) is 0 Å². The van der Waals surface area contributed by atoms with Crippen LogP contribution in [0.25, 0.3) is 0 Å². The summed E-state index contributed by atoms with van der Waals surface area (Å²) in [7, 11) is 0. The second-order valence-electron chi connectivity index (χ2n) is 6.44. The Hall–Kier alpha value is -3.83. The molecule has 27 heavy (non-hydrogen) atoms. The number of carbonyl (C=O) groups excluding carboxylic acids is 1. The molecule has 0 saturated carbocycles. The summed E-state index contributed by atoms with van der Waals surface area (Å²) in [6.07, 6.45) is 1.10. The highest BCUT2D eigenvalue weighted by atomic mass is 16.6. The maximum Gasteiger partial charge on any atom is 0.354 e. The van der Waals surface area contributed by atoms with E-state index in [9.17, 15) is 25.0 Å². The fourth-order valence-electron chi connectivity index (χ4n) is 2.04. The molecule has 12 heteroatoms. The van der Waals surface area contributed by atoms with E-state index in [0.29, 0.717) is 0 Å². The van der Waals surface area contributed by atoms with E-state index in [1.54, 1.807) is 20.8 Å². The molecule has 1 heterocycles. The lowest BCUT2D eigenvalue weighted by molar-refractivity contribution is -0.384. The van der Waals surface area contributed by atoms with Crippen molar-refractivity contribution in [1.82, 2.24) is 15.4 Å². The molecule has 0 saturated heterocycles. The van der Waals surface area contributed by atoms with E-state index < -0.39 is 27.0 Å². The van der Waals surface area contributed by atoms with Gasteiger partial charge in [-0.05, 0) is 26.8 Å². The Balaban J connectivity index is 2.23. The third kappa shape index (κ3) is 5.07. The fraction of sp³-hybridized carbons (Fsp3) is 0.267. The second kappa shape index (κ2) is 7.59. The molecular formula is C15H17N7O5. The van der Waals surface area contributed by atoms with Crippen molar-refractivity contribution in [2.24, 2.45) is 0 Å². The first-order valence-electron chi connectivity index (χ1n) is 7.67. The number of nitro benzene ring substituents is 1. The number of anilines is 2. The molecule has 0 fully saturated rings. The number of hydrazine groups is 1. The molecule has 2 aromatic rings. The van der Waals surface area contributed by atoms with Crippen LogP contribution in [-0.2, 0) is 0 Å². The maximum absolute atomic E-state index is 12.2. The van der Waals surface area contributed by atoms with Gasteiger partial charge >= 0.3 is 5.69 Å². The van der Waals surface area contributed by atoms with Crippen LogP contribution < -0.4 is 16.2 Å². The molecule has 0 aliphatic rings. The lowest BCUT2D eigenvalue weighted by Crippen LogP contribution is -2.31. The van der Waals surface area contributed by atoms with Gasteiger partial charge in [-0.25, -0.2) is 9.97 Å². The zero-order valence-corrected chi connectivity index (χ0v) is 14.7. The van der Waals surface area contributed by atoms with Gasteiger partial charge in [-0.1, -0.05) is 6.07 Å². The van der Waals surface area contributed by atoms with Crippen LogP contribution in [0.2, 0.25) is 0 Å². The van der Waals surface area contributed by atoms with E-state index in [4.69, 9.17) is 0 Å². The van der Waals surface area contributed by atoms with Crippen LogP contribution in [0.5, 0.6) is 0 Å². The molecule has 0 unspecified atom stereocenters. The topological polar surface area (TPSA) is 165 Å². The summed E-state index contributed by atoms with van der Waals surface area (Å²) in [6.45, 7) is 5.40. The Morgan fingerprint density at radius 3 is 2.33 bits per heavy atom. The highest BCUT2D eigenvalue weighted by Gasteiger charge is 2.26. The molecule has 1 amide bonds. The molecule has 3 N–H and O–H groups in total. The Labute approximate surface area is 153 Å². The van der Waals surface area contributed by atoms with E-state index in [0.717, 1.165) is 12.4 Å². The Morgan fingerprint density at radius 2 is 1.74 bits per heavy atom. The van der Waals surface area contributed by atoms with Crippen molar-refractivity contribution < 1.29 is 14.6 Å². The molecule has 0 aliphatic heterocycles. The van der Waals surface area contributed by atoms with E-state index >= 15 is 0 Å². The van der Waals surface area contributed by atoms with Crippen molar-refractivity contribution in [3.05, 3.63) is 56.4 Å². The Kier molecular flexibility index (Phi) is 5.48. The predicted octanol–water partition coefficient (Wildman–Crippen LogP) is 2.26. The van der Waals surface area contributed by atoms with Gasteiger partial charge in [0.15, 0.2) is 0 Å². The van der Waals surface area contributed by atoms with Crippen LogP contribution >= 0.6 is 0 Å². The molecular weight excluding hydrogens is 358 g/mol. The Morgan fingerprint density at radius 1 is 1.07 bits per heavy atom. The molecule has 142 valence electrons. The van der Waals surface area contributed by atoms with Crippen LogP contribution in [0, 0.1) is 20.2 Å². The van der Waals surface area contributed by atoms with Crippen molar-refractivity contribution in [3.8, 4) is 0 Å². The normalized spacial score (nSPS) is 10.8. The smallest absolute Gasteiger partial charge is 0.354 e. The van der Waals surface area contributed by atoms with Crippen LogP contribution in [0.1, 0.15) is 31.1 Å². The molecule has 1 aromatic heterocycles. The minimum atomic E-state index is -0.725. The average molecular weight is 375 g/mol. The highest BCUT2D eigenvalue weighted by Crippen LogP contribution is 2.30. The van der Waals surface area contributed by atoms with Crippen LogP contribution in [0.4, 0.5) is 23.0 Å². The zero-order valence-electron chi connectivity index (χ0n) is 14.7. The highest BCUT2D eigenvalue weighted by molar-refractivity contribution is 5.95. The summed E-state index contributed by atoms with van der Waals surface area (Å²) in [6, 6.07) is 5.04. The predicted molar refractivity (Wildman–Crippen MR) is 96.2 cm³/mol. The first-order chi connectivity index (χ1) is 12.6. The standard InChI is InChI=1S/C15H17N7O5/c1-15(2,3)18-12-11(22(26)27)13(17-8-16-12)19-20-14(23)9-5-4-6-10(7-9)21(24)25/h4-8H,1-3H3,(H,20,23)(H2,16,17,18,19). The van der Waals surface area contributed by atoms with E-state index in [2.05, 4.69) is 26.1 Å². The van der Waals surface area contributed by atoms with Crippen molar-refractivity contribution in [1.29, 1.82) is 0 Å². The quantitative estimate of drug-likeness (QED) is 0.507. The third-order valence-electron chi connectivity index (χ3n) is 3.11. The van der Waals surface area contributed by atoms with Gasteiger partial charge in [0, 0.05) is 23.2 Å². The largest absolute Gasteiger partial charge is 0.360 e. The van der Waals surface area contributed by atoms with Crippen LogP contribution in [0.15, 0.2) is 30.6 Å². The summed E-state index contributed by atoms with van der Waals surface area (Å²) in [5.74, 6) is -0.980. The lowest BCUT2D eigenvalue weighted by atomic mass is 10.1. The van der Waals surface area contributed by atoms with Gasteiger partial charge in [-0.3, -0.25) is 35.9 Å². The lowest BCUT2D eigenvalue weighted by Gasteiger charge is -2.21. The molecule has 0 radical (unpaired) electrons. The first-order valence-corrected chi connectivity index (χ1v) is 7.67. The van der Waals surface area contributed by atoms with Gasteiger partial charge in [0.1, 0.15) is 6.33 Å². The molecule has 12 nitrogen and oxygen atoms in total. The van der Waals surface area contributed by atoms with E-state index in [1.165, 1.54) is 18.2 Å². The number of hydrogen-bond donors (Lipinski definition) is 3. The molecule has 0 bridgehead atoms. The van der Waals surface area contributed by atoms with Gasteiger partial charge in [0.05, 0.1) is 9.85 Å². The third-order valence-corrected chi connectivity index (χ3v) is 3.11. The molecule has 2 rings (SSSR count). The SMILES string of the molecule is CC(C)(C)Nc1ncnc(NNC(=O)c2cccc([N+](=O)[O-])c2)c1[N+](=O)[O-]. The Bertz CT molecular complexity index is 894. The maximum atomic E-state index is 12.2. The monoisotopic (exact) mass is 375 g/mol. The number of non-ortho nitro benzene ring substituents is 1. The number of amides is 1. The molecule has 0 spiro atoms. The van der Waals surface area contributed by atoms with Gasteiger partial charge in [0.2, 0.25) is 11.6 Å². The number of nitro groups is 2. The van der Waals surface area contributed by atoms with Gasteiger partial charge in [0.25, 0.3) is 11.6 Å². The van der Waals surface area contributed by atoms with Gasteiger partial charge < -0.3 is 5.32 Å². The molecule has 1 aromatic carbocycles. The minimum Gasteiger partial charge on any atom is -0.360 e. The number of carbonyl (C=O) groups is 1. The van der Waals surface area contributed by atoms with Crippen LogP contribution in [-0.4, -0.2) is 31.3 Å². The second-order valence-corrected chi connectivity index (χ2v) is 6.44. The van der Waals surface area contributed by atoms with Gasteiger partial charge in [-0.15, -0.1) is 0 Å². The first kappa shape index (κ1) is 19.5.